The fourth-order valence-electron chi connectivity index (χ4n) is 3.47. The van der Waals surface area contributed by atoms with Crippen LogP contribution in [0.2, 0.25) is 0 Å². The molecule has 2 heterocycles. The molecule has 0 saturated heterocycles. The van der Waals surface area contributed by atoms with Crippen LogP contribution in [0.15, 0.2) is 67.0 Å². The largest absolute Gasteiger partial charge is 0.349 e. The van der Waals surface area contributed by atoms with E-state index in [1.54, 1.807) is 6.92 Å². The molecular formula is C19H19N5O. The van der Waals surface area contributed by atoms with Gasteiger partial charge in [0.15, 0.2) is 0 Å². The van der Waals surface area contributed by atoms with Crippen molar-refractivity contribution >= 4 is 11.9 Å². The first-order chi connectivity index (χ1) is 12.2. The average molecular weight is 333 g/mol. The molecule has 0 unspecified atom stereocenters. The zero-order valence-electron chi connectivity index (χ0n) is 13.8. The lowest BCUT2D eigenvalue weighted by Gasteiger charge is -2.39. The van der Waals surface area contributed by atoms with E-state index >= 15 is 0 Å². The van der Waals surface area contributed by atoms with Crippen molar-refractivity contribution in [2.24, 2.45) is 0 Å². The van der Waals surface area contributed by atoms with Crippen LogP contribution in [0.5, 0.6) is 0 Å². The quantitative estimate of drug-likeness (QED) is 0.773. The van der Waals surface area contributed by atoms with Crippen LogP contribution < -0.4 is 10.6 Å². The molecule has 1 aromatic heterocycles. The molecule has 4 rings (SSSR count). The van der Waals surface area contributed by atoms with Gasteiger partial charge in [0.2, 0.25) is 11.9 Å². The van der Waals surface area contributed by atoms with Crippen molar-refractivity contribution in [1.82, 2.24) is 20.1 Å². The van der Waals surface area contributed by atoms with Gasteiger partial charge in [-0.25, -0.2) is 4.68 Å². The number of carbonyl (C=O) groups excluding carboxylic acids is 1. The highest BCUT2D eigenvalue weighted by Crippen LogP contribution is 2.37. The summed E-state index contributed by atoms with van der Waals surface area (Å²) in [5.41, 5.74) is 2.17. The van der Waals surface area contributed by atoms with Crippen LogP contribution in [0.3, 0.4) is 0 Å². The maximum atomic E-state index is 11.9. The van der Waals surface area contributed by atoms with Crippen molar-refractivity contribution in [1.29, 1.82) is 0 Å². The molecule has 3 atom stereocenters. The minimum atomic E-state index is -0.198. The van der Waals surface area contributed by atoms with Gasteiger partial charge in [0, 0.05) is 6.92 Å². The molecule has 0 spiro atoms. The van der Waals surface area contributed by atoms with E-state index in [2.05, 4.69) is 45.0 Å². The molecule has 1 aliphatic heterocycles. The number of hydrogen-bond donors (Lipinski definition) is 2. The number of nitrogens with one attached hydrogen (secondary N) is 2. The predicted molar refractivity (Wildman–Crippen MR) is 95.0 cm³/mol. The summed E-state index contributed by atoms with van der Waals surface area (Å²) in [6.07, 6.45) is 1.54. The van der Waals surface area contributed by atoms with Crippen LogP contribution in [0.4, 0.5) is 5.95 Å². The van der Waals surface area contributed by atoms with E-state index in [9.17, 15) is 4.79 Å². The van der Waals surface area contributed by atoms with Gasteiger partial charge in [0.25, 0.3) is 0 Å². The second-order valence-electron chi connectivity index (χ2n) is 6.14. The topological polar surface area (TPSA) is 71.8 Å². The lowest BCUT2D eigenvalue weighted by atomic mass is 9.88. The van der Waals surface area contributed by atoms with E-state index in [1.165, 1.54) is 6.33 Å². The third kappa shape index (κ3) is 2.87. The molecular weight excluding hydrogens is 314 g/mol. The molecule has 6 heteroatoms. The fraction of sp³-hybridized carbons (Fsp3) is 0.211. The molecule has 0 radical (unpaired) electrons. The molecule has 0 fully saturated rings. The molecule has 1 amide bonds. The Labute approximate surface area is 145 Å². The molecule has 3 aromatic rings. The summed E-state index contributed by atoms with van der Waals surface area (Å²) in [6.45, 7) is 1.54. The molecule has 0 bridgehead atoms. The first-order valence-electron chi connectivity index (χ1n) is 8.27. The van der Waals surface area contributed by atoms with Gasteiger partial charge in [-0.15, -0.1) is 0 Å². The number of rotatable bonds is 3. The van der Waals surface area contributed by atoms with Crippen LogP contribution in [-0.4, -0.2) is 26.7 Å². The van der Waals surface area contributed by atoms with Crippen molar-refractivity contribution in [3.05, 3.63) is 78.1 Å². The number of fused-ring (bicyclic) bond motifs is 1. The lowest BCUT2D eigenvalue weighted by molar-refractivity contribution is -0.120. The molecule has 0 saturated carbocycles. The first kappa shape index (κ1) is 15.4. The summed E-state index contributed by atoms with van der Waals surface area (Å²) in [5, 5.41) is 10.9. The Bertz CT molecular complexity index is 862. The summed E-state index contributed by atoms with van der Waals surface area (Å²) in [6, 6.07) is 19.7. The minimum absolute atomic E-state index is 0.0720. The van der Waals surface area contributed by atoms with Crippen LogP contribution >= 0.6 is 0 Å². The van der Waals surface area contributed by atoms with Gasteiger partial charge in [-0.2, -0.15) is 10.1 Å². The van der Waals surface area contributed by atoms with E-state index in [0.29, 0.717) is 5.95 Å². The van der Waals surface area contributed by atoms with E-state index in [4.69, 9.17) is 0 Å². The number of anilines is 1. The van der Waals surface area contributed by atoms with Gasteiger partial charge < -0.3 is 10.6 Å². The monoisotopic (exact) mass is 333 g/mol. The van der Waals surface area contributed by atoms with Crippen LogP contribution in [-0.2, 0) is 4.79 Å². The summed E-state index contributed by atoms with van der Waals surface area (Å²) >= 11 is 0. The van der Waals surface area contributed by atoms with Gasteiger partial charge in [0.1, 0.15) is 12.4 Å². The summed E-state index contributed by atoms with van der Waals surface area (Å²) in [5.74, 6) is 0.626. The SMILES string of the molecule is CC(=O)N[C@@H]1[C@H](c2ccccc2)Nc2ncnn2[C@H]1c1ccccc1. The van der Waals surface area contributed by atoms with Gasteiger partial charge in [-0.05, 0) is 11.1 Å². The van der Waals surface area contributed by atoms with E-state index in [0.717, 1.165) is 11.1 Å². The van der Waals surface area contributed by atoms with Crippen molar-refractivity contribution < 1.29 is 4.79 Å². The van der Waals surface area contributed by atoms with Crippen molar-refractivity contribution in [2.45, 2.75) is 25.0 Å². The molecule has 6 nitrogen and oxygen atoms in total. The number of nitrogens with zero attached hydrogens (tertiary/aromatic N) is 3. The summed E-state index contributed by atoms with van der Waals surface area (Å²) < 4.78 is 1.84. The van der Waals surface area contributed by atoms with Crippen molar-refractivity contribution in [2.75, 3.05) is 5.32 Å². The van der Waals surface area contributed by atoms with Crippen LogP contribution in [0, 0.1) is 0 Å². The highest BCUT2D eigenvalue weighted by molar-refractivity contribution is 5.73. The molecule has 25 heavy (non-hydrogen) atoms. The number of benzene rings is 2. The molecule has 0 aliphatic carbocycles. The zero-order chi connectivity index (χ0) is 17.2. The van der Waals surface area contributed by atoms with E-state index in [1.807, 2.05) is 41.1 Å². The Morgan fingerprint density at radius 2 is 1.68 bits per heavy atom. The minimum Gasteiger partial charge on any atom is -0.349 e. The van der Waals surface area contributed by atoms with Gasteiger partial charge >= 0.3 is 0 Å². The number of aromatic nitrogens is 3. The third-order valence-corrected chi connectivity index (χ3v) is 4.49. The van der Waals surface area contributed by atoms with E-state index < -0.39 is 0 Å². The zero-order valence-corrected chi connectivity index (χ0v) is 13.8. The van der Waals surface area contributed by atoms with Gasteiger partial charge in [-0.1, -0.05) is 60.7 Å². The molecule has 2 aromatic carbocycles. The maximum absolute atomic E-state index is 11.9. The standard InChI is InChI=1S/C19H19N5O/c1-13(25)22-17-16(14-8-4-2-5-9-14)23-19-20-12-21-24(19)18(17)15-10-6-3-7-11-15/h2-12,16-18H,1H3,(H,22,25)(H,20,21,23)/t16-,17+,18-/m0/s1. The predicted octanol–water partition coefficient (Wildman–Crippen LogP) is 2.54. The van der Waals surface area contributed by atoms with Crippen molar-refractivity contribution in [3.63, 3.8) is 0 Å². The van der Waals surface area contributed by atoms with Crippen LogP contribution in [0.1, 0.15) is 30.1 Å². The smallest absolute Gasteiger partial charge is 0.222 e. The Balaban J connectivity index is 1.85. The second-order valence-corrected chi connectivity index (χ2v) is 6.14. The summed E-state index contributed by atoms with van der Waals surface area (Å²) in [4.78, 5) is 16.3. The van der Waals surface area contributed by atoms with E-state index in [-0.39, 0.29) is 24.0 Å². The highest BCUT2D eigenvalue weighted by atomic mass is 16.1. The number of carbonyl (C=O) groups is 1. The number of hydrogen-bond acceptors (Lipinski definition) is 4. The van der Waals surface area contributed by atoms with Crippen molar-refractivity contribution in [3.8, 4) is 0 Å². The Morgan fingerprint density at radius 3 is 2.32 bits per heavy atom. The molecule has 1 aliphatic rings. The third-order valence-electron chi connectivity index (χ3n) is 4.49. The van der Waals surface area contributed by atoms with Gasteiger partial charge in [0.05, 0.1) is 12.1 Å². The maximum Gasteiger partial charge on any atom is 0.222 e. The Hall–Kier alpha value is -3.15. The summed E-state index contributed by atoms with van der Waals surface area (Å²) in [7, 11) is 0. The normalized spacial score (nSPS) is 21.9. The fourth-order valence-corrected chi connectivity index (χ4v) is 3.47. The second kappa shape index (κ2) is 6.39. The average Bonchev–Trinajstić information content (AvgIpc) is 3.10. The first-order valence-corrected chi connectivity index (χ1v) is 8.27. The highest BCUT2D eigenvalue weighted by Gasteiger charge is 2.40. The number of amides is 1. The van der Waals surface area contributed by atoms with Crippen LogP contribution in [0.25, 0.3) is 0 Å². The Morgan fingerprint density at radius 1 is 1.04 bits per heavy atom. The van der Waals surface area contributed by atoms with Gasteiger partial charge in [-0.3, -0.25) is 4.79 Å². The molecule has 126 valence electrons. The lowest BCUT2D eigenvalue weighted by Crippen LogP contribution is -2.50. The Kier molecular flexibility index (Phi) is 3.93. The molecule has 2 N–H and O–H groups in total.